The molecule has 0 aliphatic rings. The number of phosphoric ester groups is 1. The molecular formula is C30H62NO7P. The molecule has 0 aliphatic carbocycles. The van der Waals surface area contributed by atoms with Gasteiger partial charge in [-0.3, -0.25) is 9.36 Å². The first-order valence-corrected chi connectivity index (χ1v) is 17.2. The Balaban J connectivity index is 3.74. The van der Waals surface area contributed by atoms with Crippen LogP contribution in [-0.2, 0) is 27.9 Å². The summed E-state index contributed by atoms with van der Waals surface area (Å²) in [5.41, 5.74) is 0. The van der Waals surface area contributed by atoms with Gasteiger partial charge >= 0.3 is 5.97 Å². The van der Waals surface area contributed by atoms with Crippen LogP contribution in [0.2, 0.25) is 0 Å². The van der Waals surface area contributed by atoms with Crippen molar-refractivity contribution in [3.8, 4) is 0 Å². The zero-order valence-corrected chi connectivity index (χ0v) is 27.0. The number of unbranched alkanes of at least 4 members (excludes halogenated alkanes) is 13. The summed E-state index contributed by atoms with van der Waals surface area (Å²) in [4.78, 5) is 24.2. The summed E-state index contributed by atoms with van der Waals surface area (Å²) < 4.78 is 32.7. The summed E-state index contributed by atoms with van der Waals surface area (Å²) in [6.07, 6.45) is 21.3. The van der Waals surface area contributed by atoms with E-state index in [1.165, 1.54) is 83.5 Å². The first-order chi connectivity index (χ1) is 18.6. The van der Waals surface area contributed by atoms with Gasteiger partial charge in [-0.2, -0.15) is 0 Å². The molecule has 0 fully saturated rings. The van der Waals surface area contributed by atoms with Gasteiger partial charge in [0, 0.05) is 0 Å². The Labute approximate surface area is 240 Å². The molecule has 2 unspecified atom stereocenters. The van der Waals surface area contributed by atoms with Crippen LogP contribution < -0.4 is 4.89 Å². The van der Waals surface area contributed by atoms with Crippen molar-refractivity contribution in [3.05, 3.63) is 0 Å². The molecule has 39 heavy (non-hydrogen) atoms. The van der Waals surface area contributed by atoms with Gasteiger partial charge in [-0.1, -0.05) is 110 Å². The summed E-state index contributed by atoms with van der Waals surface area (Å²) in [6.45, 7) is 5.30. The van der Waals surface area contributed by atoms with Crippen molar-refractivity contribution in [1.29, 1.82) is 0 Å². The first kappa shape index (κ1) is 38.5. The number of hydrogen-bond donors (Lipinski definition) is 0. The fourth-order valence-electron chi connectivity index (χ4n) is 4.41. The fraction of sp³-hybridized carbons (Fsp3) is 0.967. The predicted octanol–water partition coefficient (Wildman–Crippen LogP) is 7.04. The highest BCUT2D eigenvalue weighted by Crippen LogP contribution is 2.37. The minimum atomic E-state index is -4.33. The third-order valence-electron chi connectivity index (χ3n) is 6.84. The van der Waals surface area contributed by atoms with Crippen LogP contribution in [0.3, 0.4) is 0 Å². The molecule has 0 heterocycles. The van der Waals surface area contributed by atoms with Crippen LogP contribution in [-0.4, -0.2) is 71.2 Å². The van der Waals surface area contributed by atoms with Crippen LogP contribution in [0.15, 0.2) is 0 Å². The van der Waals surface area contributed by atoms with E-state index in [1.807, 2.05) is 21.1 Å². The molecule has 0 aromatic heterocycles. The molecule has 0 aliphatic heterocycles. The van der Waals surface area contributed by atoms with Gasteiger partial charge < -0.3 is 27.9 Å². The summed E-state index contributed by atoms with van der Waals surface area (Å²) in [7, 11) is 1.52. The third kappa shape index (κ3) is 27.4. The lowest BCUT2D eigenvalue weighted by Crippen LogP contribution is -2.37. The normalized spacial score (nSPS) is 14.3. The van der Waals surface area contributed by atoms with Crippen LogP contribution >= 0.6 is 7.82 Å². The fourth-order valence-corrected chi connectivity index (χ4v) is 5.08. The molecule has 0 bridgehead atoms. The zero-order chi connectivity index (χ0) is 29.2. The van der Waals surface area contributed by atoms with Crippen LogP contribution in [0, 0.1) is 5.92 Å². The number of nitrogens with zero attached hydrogens (tertiary/aromatic N) is 1. The van der Waals surface area contributed by atoms with E-state index in [0.717, 1.165) is 25.7 Å². The van der Waals surface area contributed by atoms with Gasteiger partial charge in [0.25, 0.3) is 7.82 Å². The standard InChI is InChI=1S/C30H62NO7P/c1-6-8-9-10-11-12-13-14-15-16-17-18-19-20-22-29(21-7-2)30(32)36-27-25-35-26-28-38-39(33,34)37-24-23-31(3,4)5/h29H,6-28H2,1-5H3. The Morgan fingerprint density at radius 2 is 1.15 bits per heavy atom. The second-order valence-electron chi connectivity index (χ2n) is 11.8. The Morgan fingerprint density at radius 1 is 0.667 bits per heavy atom. The Morgan fingerprint density at radius 3 is 1.67 bits per heavy atom. The van der Waals surface area contributed by atoms with Gasteiger partial charge in [0.1, 0.15) is 19.8 Å². The SMILES string of the molecule is CCCCCCCCCCCCCCCCC(CCC)C(=O)OCCOCCOP(=O)([O-])OCC[N+](C)(C)C. The molecule has 0 aromatic rings. The van der Waals surface area contributed by atoms with Gasteiger partial charge in [-0.15, -0.1) is 0 Å². The van der Waals surface area contributed by atoms with Crippen molar-refractivity contribution in [2.75, 3.05) is 60.7 Å². The third-order valence-corrected chi connectivity index (χ3v) is 7.83. The molecule has 0 rings (SSSR count). The van der Waals surface area contributed by atoms with Crippen molar-refractivity contribution in [2.24, 2.45) is 5.92 Å². The maximum Gasteiger partial charge on any atom is 0.309 e. The van der Waals surface area contributed by atoms with Gasteiger partial charge in [-0.25, -0.2) is 0 Å². The average molecular weight is 580 g/mol. The number of phosphoric acid groups is 1. The van der Waals surface area contributed by atoms with E-state index in [-0.39, 0.29) is 44.9 Å². The number of ether oxygens (including phenoxy) is 2. The van der Waals surface area contributed by atoms with E-state index in [2.05, 4.69) is 13.8 Å². The van der Waals surface area contributed by atoms with Crippen LogP contribution in [0.4, 0.5) is 0 Å². The highest BCUT2D eigenvalue weighted by molar-refractivity contribution is 7.45. The van der Waals surface area contributed by atoms with Crippen LogP contribution in [0.5, 0.6) is 0 Å². The number of quaternary nitrogens is 1. The van der Waals surface area contributed by atoms with E-state index in [0.29, 0.717) is 11.0 Å². The van der Waals surface area contributed by atoms with E-state index in [1.54, 1.807) is 0 Å². The smallest absolute Gasteiger partial charge is 0.309 e. The number of likely N-dealkylation sites (N-methyl/N-ethyl adjacent to an activating group) is 1. The highest BCUT2D eigenvalue weighted by Gasteiger charge is 2.18. The van der Waals surface area contributed by atoms with E-state index < -0.39 is 7.82 Å². The monoisotopic (exact) mass is 579 g/mol. The average Bonchev–Trinajstić information content (AvgIpc) is 2.86. The molecule has 0 radical (unpaired) electrons. The second kappa shape index (κ2) is 25.2. The zero-order valence-electron chi connectivity index (χ0n) is 26.1. The number of esters is 1. The minimum Gasteiger partial charge on any atom is -0.756 e. The maximum absolute atomic E-state index is 12.5. The van der Waals surface area contributed by atoms with Crippen molar-refractivity contribution < 1.29 is 37.3 Å². The quantitative estimate of drug-likeness (QED) is 0.0406. The molecule has 2 atom stereocenters. The Hall–Kier alpha value is -0.500. The largest absolute Gasteiger partial charge is 0.756 e. The minimum absolute atomic E-state index is 0.0501. The molecule has 0 N–H and O–H groups in total. The molecule has 0 spiro atoms. The van der Waals surface area contributed by atoms with Crippen molar-refractivity contribution in [1.82, 2.24) is 0 Å². The first-order valence-electron chi connectivity index (χ1n) is 15.8. The lowest BCUT2D eigenvalue weighted by molar-refractivity contribution is -0.870. The summed E-state index contributed by atoms with van der Waals surface area (Å²) >= 11 is 0. The summed E-state index contributed by atoms with van der Waals surface area (Å²) in [5.74, 6) is -0.202. The summed E-state index contributed by atoms with van der Waals surface area (Å²) in [5, 5.41) is 0. The number of hydrogen-bond acceptors (Lipinski definition) is 7. The molecule has 234 valence electrons. The lowest BCUT2D eigenvalue weighted by Gasteiger charge is -2.27. The lowest BCUT2D eigenvalue weighted by atomic mass is 9.96. The van der Waals surface area contributed by atoms with E-state index in [4.69, 9.17) is 18.5 Å². The van der Waals surface area contributed by atoms with Crippen LogP contribution in [0.25, 0.3) is 0 Å². The van der Waals surface area contributed by atoms with Crippen molar-refractivity contribution >= 4 is 13.8 Å². The van der Waals surface area contributed by atoms with Gasteiger partial charge in [0.05, 0.1) is 46.9 Å². The van der Waals surface area contributed by atoms with E-state index >= 15 is 0 Å². The second-order valence-corrected chi connectivity index (χ2v) is 13.2. The van der Waals surface area contributed by atoms with Gasteiger partial charge in [0.2, 0.25) is 0 Å². The molecule has 9 heteroatoms. The number of carbonyl (C=O) groups is 1. The predicted molar refractivity (Wildman–Crippen MR) is 158 cm³/mol. The molecule has 0 aromatic carbocycles. The van der Waals surface area contributed by atoms with E-state index in [9.17, 15) is 14.3 Å². The number of carbonyl (C=O) groups excluding carboxylic acids is 1. The van der Waals surface area contributed by atoms with Gasteiger partial charge in [0.15, 0.2) is 0 Å². The molecule has 0 saturated heterocycles. The topological polar surface area (TPSA) is 94.1 Å². The van der Waals surface area contributed by atoms with Crippen molar-refractivity contribution in [2.45, 2.75) is 123 Å². The molecule has 0 saturated carbocycles. The highest BCUT2D eigenvalue weighted by atomic mass is 31.2. The number of rotatable bonds is 29. The molecular weight excluding hydrogens is 517 g/mol. The van der Waals surface area contributed by atoms with Crippen LogP contribution in [0.1, 0.15) is 123 Å². The Kier molecular flexibility index (Phi) is 24.9. The van der Waals surface area contributed by atoms with Crippen molar-refractivity contribution in [3.63, 3.8) is 0 Å². The Bertz CT molecular complexity index is 613. The maximum atomic E-state index is 12.5. The molecule has 0 amide bonds. The summed E-state index contributed by atoms with van der Waals surface area (Å²) in [6, 6.07) is 0. The molecule has 8 nitrogen and oxygen atoms in total. The van der Waals surface area contributed by atoms with Gasteiger partial charge in [-0.05, 0) is 12.8 Å².